The summed E-state index contributed by atoms with van der Waals surface area (Å²) < 4.78 is 28.0. The third kappa shape index (κ3) is 5.56. The van der Waals surface area contributed by atoms with Gasteiger partial charge >= 0.3 is 0 Å². The minimum absolute atomic E-state index is 0.00563. The topological polar surface area (TPSA) is 249 Å². The normalized spacial score (nSPS) is 33.0. The Labute approximate surface area is 242 Å². The molecule has 0 amide bonds. The van der Waals surface area contributed by atoms with Gasteiger partial charge in [-0.3, -0.25) is 4.79 Å². The van der Waals surface area contributed by atoms with Crippen LogP contribution in [-0.4, -0.2) is 121 Å². The molecule has 2 aromatic carbocycles. The van der Waals surface area contributed by atoms with E-state index in [2.05, 4.69) is 0 Å². The fourth-order valence-electron chi connectivity index (χ4n) is 5.33. The number of rotatable bonds is 7. The second-order valence-electron chi connectivity index (χ2n) is 10.3. The number of methoxy groups -OCH3 is 1. The molecule has 0 bridgehead atoms. The van der Waals surface area contributed by atoms with Gasteiger partial charge in [0.15, 0.2) is 11.7 Å². The average Bonchev–Trinajstić information content (AvgIpc) is 2.99. The molecule has 3 heterocycles. The molecule has 2 saturated heterocycles. The zero-order chi connectivity index (χ0) is 31.2. The van der Waals surface area contributed by atoms with Crippen LogP contribution in [0.2, 0.25) is 0 Å². The molecule has 2 aliphatic heterocycles. The van der Waals surface area contributed by atoms with E-state index in [-0.39, 0.29) is 33.8 Å². The number of fused-ring (bicyclic) bond motifs is 1. The van der Waals surface area contributed by atoms with Crippen molar-refractivity contribution in [1.29, 1.82) is 0 Å². The summed E-state index contributed by atoms with van der Waals surface area (Å²) in [5, 5.41) is 92.6. The lowest BCUT2D eigenvalue weighted by molar-refractivity contribution is -0.342. The van der Waals surface area contributed by atoms with Crippen LogP contribution < -0.4 is 10.2 Å². The molecule has 43 heavy (non-hydrogen) atoms. The molecule has 0 spiro atoms. The fraction of sp³-hybridized carbons (Fsp3) is 0.464. The van der Waals surface area contributed by atoms with E-state index in [4.69, 9.17) is 23.4 Å². The van der Waals surface area contributed by atoms with E-state index >= 15 is 0 Å². The van der Waals surface area contributed by atoms with Gasteiger partial charge in [-0.05, 0) is 24.3 Å². The van der Waals surface area contributed by atoms with Crippen LogP contribution in [0, 0.1) is 0 Å². The lowest BCUT2D eigenvalue weighted by Gasteiger charge is -2.46. The van der Waals surface area contributed by atoms with Gasteiger partial charge in [0.2, 0.25) is 0 Å². The first-order chi connectivity index (χ1) is 20.5. The predicted molar refractivity (Wildman–Crippen MR) is 143 cm³/mol. The maximum Gasteiger partial charge on any atom is 0.197 e. The lowest BCUT2D eigenvalue weighted by atomic mass is 9.89. The highest BCUT2D eigenvalue weighted by Gasteiger charge is 2.51. The Morgan fingerprint density at radius 3 is 2.12 bits per heavy atom. The third-order valence-corrected chi connectivity index (χ3v) is 7.65. The summed E-state index contributed by atoms with van der Waals surface area (Å²) in [5.41, 5.74) is -0.526. The first-order valence-electron chi connectivity index (χ1n) is 13.3. The Balaban J connectivity index is 1.49. The Morgan fingerprint density at radius 2 is 1.49 bits per heavy atom. The molecule has 2 fully saturated rings. The number of hydrogen-bond acceptors (Lipinski definition) is 15. The highest BCUT2D eigenvalue weighted by Crippen LogP contribution is 2.45. The molecule has 5 rings (SSSR count). The molecule has 0 radical (unpaired) electrons. The van der Waals surface area contributed by atoms with Gasteiger partial charge in [0.1, 0.15) is 88.9 Å². The Morgan fingerprint density at radius 1 is 0.814 bits per heavy atom. The second-order valence-corrected chi connectivity index (χ2v) is 10.3. The first-order valence-corrected chi connectivity index (χ1v) is 13.3. The quantitative estimate of drug-likeness (QED) is 0.144. The van der Waals surface area contributed by atoms with Crippen molar-refractivity contribution in [1.82, 2.24) is 0 Å². The molecule has 9 N–H and O–H groups in total. The van der Waals surface area contributed by atoms with Crippen molar-refractivity contribution in [2.75, 3.05) is 20.3 Å². The van der Waals surface area contributed by atoms with Crippen molar-refractivity contribution >= 4 is 11.0 Å². The number of phenolic OH excluding ortho intramolecular Hbond substituents is 2. The zero-order valence-corrected chi connectivity index (χ0v) is 22.6. The summed E-state index contributed by atoms with van der Waals surface area (Å²) in [6.07, 6.45) is -16.7. The molecule has 2 aliphatic rings. The number of aromatic hydroxyl groups is 2. The molecule has 10 atom stereocenters. The van der Waals surface area contributed by atoms with Gasteiger partial charge in [0.05, 0.1) is 25.9 Å². The van der Waals surface area contributed by atoms with Gasteiger partial charge in [-0.2, -0.15) is 0 Å². The average molecular weight is 609 g/mol. The van der Waals surface area contributed by atoms with Gasteiger partial charge in [-0.1, -0.05) is 0 Å². The SMILES string of the molecule is COc1cc2oc(-c3ccc(O)cc3)cc(=O)c2c(O)c1[C@H]1O[C@H](CO)[C@H](O[C@@H]2O[C@H](CO)[C@H](O)[C@@H](O)[C@@H]2O)[C@H](O)[C@@H]1O. The minimum Gasteiger partial charge on any atom is -0.508 e. The van der Waals surface area contributed by atoms with E-state index in [0.29, 0.717) is 5.56 Å². The molecular formula is C28H32O15. The molecule has 0 aliphatic carbocycles. The van der Waals surface area contributed by atoms with Crippen molar-refractivity contribution in [3.8, 4) is 28.6 Å². The second kappa shape index (κ2) is 12.3. The van der Waals surface area contributed by atoms with Crippen molar-refractivity contribution in [3.05, 3.63) is 52.2 Å². The molecule has 0 saturated carbocycles. The van der Waals surface area contributed by atoms with Crippen LogP contribution in [-0.2, 0) is 14.2 Å². The number of aliphatic hydroxyl groups is 7. The predicted octanol–water partition coefficient (Wildman–Crippen LogP) is -1.78. The van der Waals surface area contributed by atoms with Crippen LogP contribution in [0.25, 0.3) is 22.3 Å². The first kappa shape index (κ1) is 31.1. The maximum absolute atomic E-state index is 13.2. The number of ether oxygens (including phenoxy) is 4. The standard InChI is InChI=1S/C28H32O15/c1-39-14-7-15-18(12(32)6-13(40-15)10-2-4-11(31)5-3-10)21(34)19(14)27-24(37)23(36)26(17(9-30)41-27)43-28-25(38)22(35)20(33)16(8-29)42-28/h2-7,16-17,20,22-31,33-38H,8-9H2,1H3/t16-,17-,20+,22-,23-,24+,25+,26+,27-,28+/m1/s1. The number of hydrogen-bond donors (Lipinski definition) is 9. The Bertz CT molecular complexity index is 1490. The summed E-state index contributed by atoms with van der Waals surface area (Å²) in [4.78, 5) is 13.2. The van der Waals surface area contributed by atoms with Crippen molar-refractivity contribution < 1.29 is 69.3 Å². The molecule has 0 unspecified atom stereocenters. The number of phenols is 2. The molecule has 1 aromatic heterocycles. The van der Waals surface area contributed by atoms with Gasteiger partial charge < -0.3 is 69.3 Å². The van der Waals surface area contributed by atoms with Crippen molar-refractivity contribution in [3.63, 3.8) is 0 Å². The van der Waals surface area contributed by atoms with Crippen LogP contribution >= 0.6 is 0 Å². The largest absolute Gasteiger partial charge is 0.508 e. The summed E-state index contributed by atoms with van der Waals surface area (Å²) in [7, 11) is 1.24. The van der Waals surface area contributed by atoms with E-state index in [9.17, 15) is 50.8 Å². The highest BCUT2D eigenvalue weighted by molar-refractivity contribution is 5.88. The molecule has 15 nitrogen and oxygen atoms in total. The Kier molecular flexibility index (Phi) is 8.92. The van der Waals surface area contributed by atoms with Crippen LogP contribution in [0.15, 0.2) is 45.6 Å². The summed E-state index contributed by atoms with van der Waals surface area (Å²) in [6.45, 7) is -1.55. The van der Waals surface area contributed by atoms with E-state index in [1.54, 1.807) is 0 Å². The van der Waals surface area contributed by atoms with Crippen LogP contribution in [0.4, 0.5) is 0 Å². The van der Waals surface area contributed by atoms with Gasteiger partial charge in [-0.25, -0.2) is 0 Å². The monoisotopic (exact) mass is 608 g/mol. The van der Waals surface area contributed by atoms with Gasteiger partial charge in [0.25, 0.3) is 0 Å². The van der Waals surface area contributed by atoms with Crippen molar-refractivity contribution in [2.24, 2.45) is 0 Å². The number of aliphatic hydroxyl groups excluding tert-OH is 7. The lowest BCUT2D eigenvalue weighted by Crippen LogP contribution is -2.63. The maximum atomic E-state index is 13.2. The van der Waals surface area contributed by atoms with E-state index in [1.807, 2.05) is 0 Å². The van der Waals surface area contributed by atoms with Crippen molar-refractivity contribution in [2.45, 2.75) is 61.2 Å². The van der Waals surface area contributed by atoms with Crippen LogP contribution in [0.3, 0.4) is 0 Å². The van der Waals surface area contributed by atoms with Crippen LogP contribution in [0.5, 0.6) is 17.2 Å². The molecule has 15 heteroatoms. The molecule has 3 aromatic rings. The zero-order valence-electron chi connectivity index (χ0n) is 22.6. The van der Waals surface area contributed by atoms with Gasteiger partial charge in [0, 0.05) is 17.7 Å². The highest BCUT2D eigenvalue weighted by atomic mass is 16.7. The fourth-order valence-corrected chi connectivity index (χ4v) is 5.33. The smallest absolute Gasteiger partial charge is 0.197 e. The summed E-state index contributed by atoms with van der Waals surface area (Å²) >= 11 is 0. The molecule has 234 valence electrons. The molecular weight excluding hydrogens is 576 g/mol. The third-order valence-electron chi connectivity index (χ3n) is 7.65. The summed E-state index contributed by atoms with van der Waals surface area (Å²) in [5.74, 6) is -0.644. The summed E-state index contributed by atoms with van der Waals surface area (Å²) in [6, 6.07) is 8.26. The van der Waals surface area contributed by atoms with Gasteiger partial charge in [-0.15, -0.1) is 0 Å². The minimum atomic E-state index is -1.88. The van der Waals surface area contributed by atoms with E-state index < -0.39 is 85.6 Å². The Hall–Kier alpha value is -3.35. The van der Waals surface area contributed by atoms with Crippen LogP contribution in [0.1, 0.15) is 11.7 Å². The van der Waals surface area contributed by atoms with E-state index in [0.717, 1.165) is 6.07 Å². The van der Waals surface area contributed by atoms with E-state index in [1.165, 1.54) is 37.4 Å². The number of benzene rings is 2.